The minimum atomic E-state index is -0.601. The Morgan fingerprint density at radius 3 is 1.29 bits per heavy atom. The molecule has 2 nitrogen and oxygen atoms in total. The summed E-state index contributed by atoms with van der Waals surface area (Å²) in [7, 11) is 0. The van der Waals surface area contributed by atoms with Gasteiger partial charge in [0, 0.05) is 38.0 Å². The van der Waals surface area contributed by atoms with Crippen molar-refractivity contribution in [2.45, 2.75) is 20.6 Å². The number of fused-ring (bicyclic) bond motifs is 19. The van der Waals surface area contributed by atoms with Crippen LogP contribution in [-0.4, -0.2) is 0 Å². The first-order chi connectivity index (χ1) is 34.2. The number of rotatable bonds is 4. The van der Waals surface area contributed by atoms with Gasteiger partial charge in [0.1, 0.15) is 11.5 Å². The quantitative estimate of drug-likeness (QED) is 0.175. The van der Waals surface area contributed by atoms with E-state index in [1.807, 2.05) is 11.8 Å². The van der Waals surface area contributed by atoms with Crippen molar-refractivity contribution in [2.75, 3.05) is 4.90 Å². The van der Waals surface area contributed by atoms with Crippen molar-refractivity contribution in [1.82, 2.24) is 0 Å². The Labute approximate surface area is 405 Å². The predicted molar refractivity (Wildman–Crippen MR) is 283 cm³/mol. The summed E-state index contributed by atoms with van der Waals surface area (Å²) < 4.78 is 6.74. The molecule has 2 heterocycles. The number of hydrogen-bond donors (Lipinski definition) is 0. The minimum absolute atomic E-state index is 0.509. The van der Waals surface area contributed by atoms with Crippen LogP contribution in [0.15, 0.2) is 259 Å². The van der Waals surface area contributed by atoms with Crippen LogP contribution in [0, 0.1) is 0 Å². The molecule has 2 aliphatic heterocycles. The Morgan fingerprint density at radius 2 is 0.710 bits per heavy atom. The largest absolute Gasteiger partial charge is 0.457 e. The number of para-hydroxylation sites is 2. The van der Waals surface area contributed by atoms with E-state index in [-0.39, 0.29) is 0 Å². The highest BCUT2D eigenvalue weighted by Crippen LogP contribution is 2.65. The summed E-state index contributed by atoms with van der Waals surface area (Å²) in [6, 6.07) is 92.5. The third-order valence-electron chi connectivity index (χ3n) is 15.4. The van der Waals surface area contributed by atoms with Gasteiger partial charge in [0.15, 0.2) is 0 Å². The third kappa shape index (κ3) is 5.28. The highest BCUT2D eigenvalue weighted by molar-refractivity contribution is 7.99. The number of benzene rings is 11. The summed E-state index contributed by atoms with van der Waals surface area (Å²) in [5.41, 5.74) is 19.7. The smallest absolute Gasteiger partial charge is 0.132 e. The van der Waals surface area contributed by atoms with Crippen molar-refractivity contribution < 1.29 is 4.74 Å². The van der Waals surface area contributed by atoms with E-state index >= 15 is 0 Å². The Balaban J connectivity index is 0.988. The SMILES string of the molecule is c1ccc2c(c1)Oc1ccccc1C21c2ccccc2-c2ccc(N(c3ccc(-c4ccc5ccccc5c4)cc3)c3ccc4c(c3)C3(c5ccccc5Sc5ccccc53)c3ccccc3-4)cc21. The van der Waals surface area contributed by atoms with Crippen molar-refractivity contribution in [1.29, 1.82) is 0 Å². The molecule has 0 N–H and O–H groups in total. The molecule has 11 aromatic carbocycles. The van der Waals surface area contributed by atoms with Gasteiger partial charge >= 0.3 is 0 Å². The Hall–Kier alpha value is -8.37. The third-order valence-corrected chi connectivity index (χ3v) is 16.5. The molecule has 3 heteroatoms. The van der Waals surface area contributed by atoms with Gasteiger partial charge in [0.25, 0.3) is 0 Å². The molecular weight excluding hydrogens is 855 g/mol. The van der Waals surface area contributed by atoms with E-state index in [2.05, 4.69) is 254 Å². The second-order valence-electron chi connectivity index (χ2n) is 18.7. The molecule has 0 radical (unpaired) electrons. The van der Waals surface area contributed by atoms with Crippen molar-refractivity contribution >= 4 is 39.6 Å². The van der Waals surface area contributed by atoms with Gasteiger partial charge in [-0.15, -0.1) is 0 Å². The topological polar surface area (TPSA) is 12.5 Å². The lowest BCUT2D eigenvalue weighted by atomic mass is 9.66. The molecule has 322 valence electrons. The van der Waals surface area contributed by atoms with Crippen LogP contribution in [0.3, 0.4) is 0 Å². The van der Waals surface area contributed by atoms with Gasteiger partial charge in [-0.2, -0.15) is 0 Å². The molecule has 0 amide bonds. The van der Waals surface area contributed by atoms with Crippen molar-refractivity contribution in [3.63, 3.8) is 0 Å². The van der Waals surface area contributed by atoms with Crippen LogP contribution in [0.4, 0.5) is 17.1 Å². The second-order valence-corrected chi connectivity index (χ2v) is 19.8. The van der Waals surface area contributed by atoms with Gasteiger partial charge in [-0.05, 0) is 144 Å². The Bertz CT molecular complexity index is 3650. The normalized spacial score (nSPS) is 14.4. The zero-order valence-corrected chi connectivity index (χ0v) is 38.3. The molecule has 0 aromatic heterocycles. The molecule has 0 fully saturated rings. The molecule has 69 heavy (non-hydrogen) atoms. The maximum atomic E-state index is 6.74. The summed E-state index contributed by atoms with van der Waals surface area (Å²) in [6.07, 6.45) is 0. The fourth-order valence-corrected chi connectivity index (χ4v) is 13.8. The van der Waals surface area contributed by atoms with Crippen LogP contribution >= 0.6 is 11.8 Å². The molecule has 15 rings (SSSR count). The molecular formula is C66H41NOS. The average molecular weight is 896 g/mol. The van der Waals surface area contributed by atoms with Gasteiger partial charge < -0.3 is 9.64 Å². The molecule has 2 aliphatic carbocycles. The van der Waals surface area contributed by atoms with Gasteiger partial charge in [-0.1, -0.05) is 194 Å². The fourth-order valence-electron chi connectivity index (χ4n) is 12.6. The van der Waals surface area contributed by atoms with Crippen molar-refractivity contribution in [3.05, 3.63) is 293 Å². The number of nitrogens with zero attached hydrogens (tertiary/aromatic N) is 1. The number of hydrogen-bond acceptors (Lipinski definition) is 3. The van der Waals surface area contributed by atoms with Crippen LogP contribution in [0.1, 0.15) is 44.5 Å². The van der Waals surface area contributed by atoms with E-state index in [0.29, 0.717) is 0 Å². The van der Waals surface area contributed by atoms with E-state index in [0.717, 1.165) is 39.7 Å². The highest BCUT2D eigenvalue weighted by atomic mass is 32.2. The van der Waals surface area contributed by atoms with Gasteiger partial charge in [0.05, 0.1) is 10.8 Å². The first-order valence-corrected chi connectivity index (χ1v) is 24.6. The lowest BCUT2D eigenvalue weighted by Crippen LogP contribution is -2.32. The van der Waals surface area contributed by atoms with Gasteiger partial charge in [-0.25, -0.2) is 0 Å². The standard InChI is InChI=1S/C66H41NOS/c1-2-16-44-39-45(30-29-42(44)15-1)43-31-33-46(34-32-43)67(47-35-37-51-49-17-3-5-19-53(49)65(59(51)40-47)55-21-7-11-25-61(55)68-62-26-12-8-22-56(62)65)48-36-38-52-50-18-4-6-20-54(50)66(60(52)41-48)57-23-9-13-27-63(57)69-64-28-14-10-24-58(64)66/h1-41H. The maximum absolute atomic E-state index is 6.74. The van der Waals surface area contributed by atoms with Crippen LogP contribution in [0.2, 0.25) is 0 Å². The maximum Gasteiger partial charge on any atom is 0.132 e. The lowest BCUT2D eigenvalue weighted by Gasteiger charge is -2.40. The van der Waals surface area contributed by atoms with Gasteiger partial charge in [0.2, 0.25) is 0 Å². The highest BCUT2D eigenvalue weighted by Gasteiger charge is 2.52. The predicted octanol–water partition coefficient (Wildman–Crippen LogP) is 17.3. The molecule has 0 saturated carbocycles. The Morgan fingerprint density at radius 1 is 0.290 bits per heavy atom. The zero-order chi connectivity index (χ0) is 45.3. The van der Waals surface area contributed by atoms with Crippen LogP contribution < -0.4 is 9.64 Å². The molecule has 0 unspecified atom stereocenters. The van der Waals surface area contributed by atoms with E-state index in [9.17, 15) is 0 Å². The number of anilines is 3. The van der Waals surface area contributed by atoms with Crippen molar-refractivity contribution in [2.24, 2.45) is 0 Å². The summed E-state index contributed by atoms with van der Waals surface area (Å²) in [5, 5.41) is 2.48. The summed E-state index contributed by atoms with van der Waals surface area (Å²) in [5.74, 6) is 1.78. The van der Waals surface area contributed by atoms with E-state index in [1.165, 1.54) is 87.3 Å². The first kappa shape index (κ1) is 38.7. The molecule has 0 saturated heterocycles. The monoisotopic (exact) mass is 895 g/mol. The molecule has 0 bridgehead atoms. The number of ether oxygens (including phenoxy) is 1. The molecule has 2 spiro atoms. The summed E-state index contributed by atoms with van der Waals surface area (Å²) in [6.45, 7) is 0. The Kier molecular flexibility index (Phi) is 8.17. The van der Waals surface area contributed by atoms with Crippen molar-refractivity contribution in [3.8, 4) is 44.9 Å². The van der Waals surface area contributed by atoms with Gasteiger partial charge in [-0.3, -0.25) is 0 Å². The van der Waals surface area contributed by atoms with E-state index in [4.69, 9.17) is 4.74 Å². The molecule has 4 aliphatic rings. The van der Waals surface area contributed by atoms with Crippen LogP contribution in [0.5, 0.6) is 11.5 Å². The summed E-state index contributed by atoms with van der Waals surface area (Å²) in [4.78, 5) is 5.08. The van der Waals surface area contributed by atoms with E-state index in [1.54, 1.807) is 0 Å². The van der Waals surface area contributed by atoms with Crippen LogP contribution in [-0.2, 0) is 10.8 Å². The second kappa shape index (κ2) is 14.6. The zero-order valence-electron chi connectivity index (χ0n) is 37.4. The van der Waals surface area contributed by atoms with Crippen LogP contribution in [0.25, 0.3) is 44.2 Å². The minimum Gasteiger partial charge on any atom is -0.457 e. The lowest BCUT2D eigenvalue weighted by molar-refractivity contribution is 0.436. The first-order valence-electron chi connectivity index (χ1n) is 23.8. The average Bonchev–Trinajstić information content (AvgIpc) is 3.86. The fraction of sp³-hybridized carbons (Fsp3) is 0.0303. The summed E-state index contributed by atoms with van der Waals surface area (Å²) >= 11 is 1.88. The van der Waals surface area contributed by atoms with E-state index < -0.39 is 10.8 Å². The molecule has 11 aromatic rings. The molecule has 0 atom stereocenters.